The van der Waals surface area contributed by atoms with Crippen LogP contribution in [-0.2, 0) is 4.79 Å². The van der Waals surface area contributed by atoms with Gasteiger partial charge in [-0.3, -0.25) is 4.79 Å². The number of hydrogen-bond acceptors (Lipinski definition) is 5. The lowest BCUT2D eigenvalue weighted by atomic mass is 10.0. The molecule has 1 unspecified atom stereocenters. The van der Waals surface area contributed by atoms with Crippen LogP contribution in [0.1, 0.15) is 58.0 Å². The molecule has 1 amide bonds. The van der Waals surface area contributed by atoms with Crippen LogP contribution in [0.15, 0.2) is 6.07 Å². The smallest absolute Gasteiger partial charge is 0.226 e. The summed E-state index contributed by atoms with van der Waals surface area (Å²) in [4.78, 5) is 26.1. The van der Waals surface area contributed by atoms with Crippen molar-refractivity contribution in [2.45, 2.75) is 59.4 Å². The minimum atomic E-state index is -0.101. The number of aryl methyl sites for hydroxylation is 1. The fraction of sp³-hybridized carbons (Fsp3) is 0.737. The van der Waals surface area contributed by atoms with Gasteiger partial charge in [0.25, 0.3) is 0 Å². The van der Waals surface area contributed by atoms with Crippen molar-refractivity contribution >= 4 is 11.7 Å². The average molecular weight is 348 g/mol. The van der Waals surface area contributed by atoms with Gasteiger partial charge in [0.1, 0.15) is 11.6 Å². The molecule has 0 radical (unpaired) electrons. The van der Waals surface area contributed by atoms with Crippen molar-refractivity contribution in [3.8, 4) is 0 Å². The third kappa shape index (κ3) is 4.69. The monoisotopic (exact) mass is 347 g/mol. The molecular formula is C19H33N5O. The van der Waals surface area contributed by atoms with Gasteiger partial charge in [-0.25, -0.2) is 9.97 Å². The topological polar surface area (TPSA) is 75.3 Å². The lowest BCUT2D eigenvalue weighted by Gasteiger charge is -2.39. The summed E-state index contributed by atoms with van der Waals surface area (Å²) in [6.45, 7) is 13.2. The number of aromatic nitrogens is 2. The van der Waals surface area contributed by atoms with Gasteiger partial charge in [-0.1, -0.05) is 20.8 Å². The Bertz CT molecular complexity index is 581. The Labute approximate surface area is 151 Å². The van der Waals surface area contributed by atoms with E-state index in [1.165, 1.54) is 0 Å². The van der Waals surface area contributed by atoms with E-state index in [-0.39, 0.29) is 11.8 Å². The van der Waals surface area contributed by atoms with Gasteiger partial charge in [0.05, 0.1) is 0 Å². The Balaban J connectivity index is 2.05. The summed E-state index contributed by atoms with van der Waals surface area (Å²) in [7, 11) is 0. The van der Waals surface area contributed by atoms with E-state index in [0.717, 1.165) is 49.8 Å². The Hall–Kier alpha value is -1.69. The predicted octanol–water partition coefficient (Wildman–Crippen LogP) is 2.32. The maximum absolute atomic E-state index is 12.5. The second-order valence-corrected chi connectivity index (χ2v) is 7.36. The lowest BCUT2D eigenvalue weighted by Crippen LogP contribution is -2.49. The summed E-state index contributed by atoms with van der Waals surface area (Å²) in [5.74, 6) is 2.32. The number of hydrogen-bond donors (Lipinski definition) is 1. The molecule has 2 N–H and O–H groups in total. The molecule has 0 aliphatic carbocycles. The van der Waals surface area contributed by atoms with Crippen molar-refractivity contribution in [3.63, 3.8) is 0 Å². The van der Waals surface area contributed by atoms with Crippen LogP contribution in [0.3, 0.4) is 0 Å². The molecule has 1 saturated heterocycles. The van der Waals surface area contributed by atoms with Crippen LogP contribution in [-0.4, -0.2) is 53.0 Å². The maximum Gasteiger partial charge on any atom is 0.226 e. The normalized spacial score (nSPS) is 17.0. The molecule has 1 aromatic heterocycles. The second kappa shape index (κ2) is 8.61. The molecule has 0 saturated carbocycles. The Morgan fingerprint density at radius 1 is 1.32 bits per heavy atom. The molecule has 6 heteroatoms. The minimum Gasteiger partial charge on any atom is -0.356 e. The van der Waals surface area contributed by atoms with Gasteiger partial charge < -0.3 is 15.5 Å². The van der Waals surface area contributed by atoms with E-state index in [9.17, 15) is 4.79 Å². The fourth-order valence-corrected chi connectivity index (χ4v) is 3.38. The van der Waals surface area contributed by atoms with E-state index in [4.69, 9.17) is 10.7 Å². The molecule has 2 heterocycles. The number of carbonyl (C=O) groups is 1. The molecule has 1 aliphatic rings. The summed E-state index contributed by atoms with van der Waals surface area (Å²) < 4.78 is 0. The Morgan fingerprint density at radius 2 is 1.96 bits per heavy atom. The van der Waals surface area contributed by atoms with Gasteiger partial charge in [0, 0.05) is 55.8 Å². The molecule has 140 valence electrons. The van der Waals surface area contributed by atoms with E-state index in [1.807, 2.05) is 18.7 Å². The first kappa shape index (κ1) is 19.6. The van der Waals surface area contributed by atoms with E-state index in [2.05, 4.69) is 36.7 Å². The summed E-state index contributed by atoms with van der Waals surface area (Å²) in [6.07, 6.45) is 1.94. The second-order valence-electron chi connectivity index (χ2n) is 7.36. The van der Waals surface area contributed by atoms with Gasteiger partial charge in [-0.15, -0.1) is 0 Å². The zero-order valence-electron chi connectivity index (χ0n) is 16.3. The number of piperidine rings is 1. The SMILES string of the molecule is CCN(C(=O)C(C)CN)C1CCN(c2cc(C)nc(C(C)C)n2)CC1. The molecular weight excluding hydrogens is 314 g/mol. The first-order valence-electron chi connectivity index (χ1n) is 9.48. The number of anilines is 1. The van der Waals surface area contributed by atoms with Crippen molar-refractivity contribution < 1.29 is 4.79 Å². The molecule has 25 heavy (non-hydrogen) atoms. The lowest BCUT2D eigenvalue weighted by molar-refractivity contribution is -0.137. The minimum absolute atomic E-state index is 0.101. The first-order chi connectivity index (χ1) is 11.9. The maximum atomic E-state index is 12.5. The van der Waals surface area contributed by atoms with Gasteiger partial charge in [0.15, 0.2) is 0 Å². The van der Waals surface area contributed by atoms with Gasteiger partial charge in [-0.2, -0.15) is 0 Å². The Morgan fingerprint density at radius 3 is 2.48 bits per heavy atom. The molecule has 1 atom stereocenters. The molecule has 1 aliphatic heterocycles. The average Bonchev–Trinajstić information content (AvgIpc) is 2.61. The third-order valence-corrected chi connectivity index (χ3v) is 5.00. The molecule has 0 spiro atoms. The molecule has 2 rings (SSSR count). The highest BCUT2D eigenvalue weighted by molar-refractivity contribution is 5.79. The summed E-state index contributed by atoms with van der Waals surface area (Å²) in [5, 5.41) is 0. The van der Waals surface area contributed by atoms with Crippen molar-refractivity contribution in [2.75, 3.05) is 31.1 Å². The van der Waals surface area contributed by atoms with Crippen LogP contribution >= 0.6 is 0 Å². The van der Waals surface area contributed by atoms with Crippen LogP contribution in [0.4, 0.5) is 5.82 Å². The van der Waals surface area contributed by atoms with E-state index in [1.54, 1.807) is 0 Å². The first-order valence-corrected chi connectivity index (χ1v) is 9.48. The summed E-state index contributed by atoms with van der Waals surface area (Å²) >= 11 is 0. The van der Waals surface area contributed by atoms with Gasteiger partial charge >= 0.3 is 0 Å². The number of amides is 1. The Kier molecular flexibility index (Phi) is 6.76. The van der Waals surface area contributed by atoms with Crippen LogP contribution in [0.25, 0.3) is 0 Å². The highest BCUT2D eigenvalue weighted by Gasteiger charge is 2.29. The molecule has 1 fully saturated rings. The van der Waals surface area contributed by atoms with Gasteiger partial charge in [-0.05, 0) is 26.7 Å². The quantitative estimate of drug-likeness (QED) is 0.855. The number of nitrogens with two attached hydrogens (primary N) is 1. The fourth-order valence-electron chi connectivity index (χ4n) is 3.38. The summed E-state index contributed by atoms with van der Waals surface area (Å²) in [5.41, 5.74) is 6.69. The molecule has 1 aromatic rings. The highest BCUT2D eigenvalue weighted by Crippen LogP contribution is 2.24. The third-order valence-electron chi connectivity index (χ3n) is 5.00. The highest BCUT2D eigenvalue weighted by atomic mass is 16.2. The number of nitrogens with zero attached hydrogens (tertiary/aromatic N) is 4. The standard InChI is InChI=1S/C19H33N5O/c1-6-24(19(25)14(4)12-20)16-7-9-23(10-8-16)17-11-15(5)21-18(22-17)13(2)3/h11,13-14,16H,6-10,12,20H2,1-5H3. The van der Waals surface area contributed by atoms with E-state index >= 15 is 0 Å². The molecule has 6 nitrogen and oxygen atoms in total. The largest absolute Gasteiger partial charge is 0.356 e. The van der Waals surface area contributed by atoms with Crippen molar-refractivity contribution in [1.29, 1.82) is 0 Å². The molecule has 0 aromatic carbocycles. The molecule has 0 bridgehead atoms. The number of rotatable bonds is 6. The van der Waals surface area contributed by atoms with Crippen LogP contribution in [0.2, 0.25) is 0 Å². The van der Waals surface area contributed by atoms with Crippen LogP contribution in [0, 0.1) is 12.8 Å². The van der Waals surface area contributed by atoms with Gasteiger partial charge in [0.2, 0.25) is 5.91 Å². The van der Waals surface area contributed by atoms with Crippen molar-refractivity contribution in [2.24, 2.45) is 11.7 Å². The van der Waals surface area contributed by atoms with E-state index < -0.39 is 0 Å². The van der Waals surface area contributed by atoms with Crippen LogP contribution < -0.4 is 10.6 Å². The van der Waals surface area contributed by atoms with Crippen molar-refractivity contribution in [3.05, 3.63) is 17.6 Å². The number of carbonyl (C=O) groups excluding carboxylic acids is 1. The zero-order valence-corrected chi connectivity index (χ0v) is 16.3. The van der Waals surface area contributed by atoms with Crippen molar-refractivity contribution in [1.82, 2.24) is 14.9 Å². The zero-order chi connectivity index (χ0) is 18.6. The summed E-state index contributed by atoms with van der Waals surface area (Å²) in [6, 6.07) is 2.36. The predicted molar refractivity (Wildman–Crippen MR) is 102 cm³/mol. The van der Waals surface area contributed by atoms with Crippen LogP contribution in [0.5, 0.6) is 0 Å². The van der Waals surface area contributed by atoms with E-state index in [0.29, 0.717) is 18.5 Å².